The Bertz CT molecular complexity index is 142. The molecule has 6 heteroatoms. The standard InChI is InChI=1S/C6H11ClO5/c7-5(3(10)1-8)6(12)4(11)2-9/h1,3-6,9-12H,2H2/t3-,4+,5-,6+/m0/s1. The Kier molecular flexibility index (Phi) is 5.36. The Morgan fingerprint density at radius 3 is 2.17 bits per heavy atom. The molecular formula is C6H11ClO5. The average molecular weight is 199 g/mol. The topological polar surface area (TPSA) is 98.0 Å². The number of rotatable bonds is 5. The minimum atomic E-state index is -1.55. The van der Waals surface area contributed by atoms with Gasteiger partial charge in [0.1, 0.15) is 24.6 Å². The van der Waals surface area contributed by atoms with Crippen molar-refractivity contribution in [2.24, 2.45) is 0 Å². The maximum absolute atomic E-state index is 9.97. The van der Waals surface area contributed by atoms with E-state index in [-0.39, 0.29) is 6.29 Å². The lowest BCUT2D eigenvalue weighted by Gasteiger charge is -2.21. The summed E-state index contributed by atoms with van der Waals surface area (Å²) < 4.78 is 0. The maximum atomic E-state index is 9.97. The van der Waals surface area contributed by atoms with Gasteiger partial charge in [0.25, 0.3) is 0 Å². The molecule has 0 radical (unpaired) electrons. The van der Waals surface area contributed by atoms with Crippen molar-refractivity contribution in [2.75, 3.05) is 6.61 Å². The highest BCUT2D eigenvalue weighted by molar-refractivity contribution is 6.22. The number of aliphatic hydroxyl groups is 4. The number of alkyl halides is 1. The van der Waals surface area contributed by atoms with Crippen LogP contribution in [0.4, 0.5) is 0 Å². The first-order chi connectivity index (χ1) is 5.54. The van der Waals surface area contributed by atoms with Gasteiger partial charge in [0.15, 0.2) is 0 Å². The van der Waals surface area contributed by atoms with Crippen LogP contribution in [0.15, 0.2) is 0 Å². The molecule has 0 unspecified atom stereocenters. The lowest BCUT2D eigenvalue weighted by molar-refractivity contribution is -0.117. The fourth-order valence-electron chi connectivity index (χ4n) is 0.597. The van der Waals surface area contributed by atoms with E-state index in [4.69, 9.17) is 32.0 Å². The average Bonchev–Trinajstić information content (AvgIpc) is 2.12. The molecule has 4 N–H and O–H groups in total. The number of hydrogen-bond acceptors (Lipinski definition) is 5. The van der Waals surface area contributed by atoms with Crippen LogP contribution in [-0.4, -0.2) is 57.0 Å². The summed E-state index contributed by atoms with van der Waals surface area (Å²) in [7, 11) is 0. The quantitative estimate of drug-likeness (QED) is 0.299. The first kappa shape index (κ1) is 11.8. The van der Waals surface area contributed by atoms with Crippen LogP contribution in [0.2, 0.25) is 0 Å². The summed E-state index contributed by atoms with van der Waals surface area (Å²) in [6.07, 6.45) is -4.40. The van der Waals surface area contributed by atoms with Crippen LogP contribution >= 0.6 is 11.6 Å². The Morgan fingerprint density at radius 2 is 1.83 bits per heavy atom. The summed E-state index contributed by atoms with van der Waals surface area (Å²) in [5, 5.41) is 33.7. The molecule has 5 nitrogen and oxygen atoms in total. The summed E-state index contributed by atoms with van der Waals surface area (Å²) in [5.74, 6) is 0. The number of carbonyl (C=O) groups excluding carboxylic acids is 1. The summed E-state index contributed by atoms with van der Waals surface area (Å²) in [6.45, 7) is -0.685. The van der Waals surface area contributed by atoms with Crippen molar-refractivity contribution < 1.29 is 25.2 Å². The molecule has 0 bridgehead atoms. The lowest BCUT2D eigenvalue weighted by Crippen LogP contribution is -2.43. The first-order valence-corrected chi connectivity index (χ1v) is 3.72. The number of carbonyl (C=O) groups is 1. The Balaban J connectivity index is 4.07. The molecule has 0 saturated heterocycles. The zero-order chi connectivity index (χ0) is 9.72. The van der Waals surface area contributed by atoms with Gasteiger partial charge >= 0.3 is 0 Å². The van der Waals surface area contributed by atoms with Crippen LogP contribution in [0.5, 0.6) is 0 Å². The predicted molar refractivity (Wildman–Crippen MR) is 40.8 cm³/mol. The van der Waals surface area contributed by atoms with Crippen molar-refractivity contribution in [3.63, 3.8) is 0 Å². The molecule has 0 saturated carbocycles. The fraction of sp³-hybridized carbons (Fsp3) is 0.833. The normalized spacial score (nSPS) is 21.1. The van der Waals surface area contributed by atoms with Gasteiger partial charge in [-0.15, -0.1) is 11.6 Å². The largest absolute Gasteiger partial charge is 0.394 e. The fourth-order valence-corrected chi connectivity index (χ4v) is 0.825. The van der Waals surface area contributed by atoms with E-state index >= 15 is 0 Å². The maximum Gasteiger partial charge on any atom is 0.150 e. The number of halogens is 1. The molecule has 0 aliphatic carbocycles. The van der Waals surface area contributed by atoms with Crippen LogP contribution in [0.25, 0.3) is 0 Å². The van der Waals surface area contributed by atoms with E-state index in [0.717, 1.165) is 0 Å². The highest BCUT2D eigenvalue weighted by Gasteiger charge is 2.29. The minimum Gasteiger partial charge on any atom is -0.394 e. The van der Waals surface area contributed by atoms with Crippen molar-refractivity contribution in [3.8, 4) is 0 Å². The predicted octanol–water partition coefficient (Wildman–Crippen LogP) is -2.13. The third kappa shape index (κ3) is 3.04. The number of hydrogen-bond donors (Lipinski definition) is 4. The van der Waals surface area contributed by atoms with Crippen molar-refractivity contribution >= 4 is 17.9 Å². The van der Waals surface area contributed by atoms with Gasteiger partial charge in [-0.05, 0) is 0 Å². The van der Waals surface area contributed by atoms with Gasteiger partial charge in [0, 0.05) is 0 Å². The van der Waals surface area contributed by atoms with Crippen molar-refractivity contribution in [3.05, 3.63) is 0 Å². The Morgan fingerprint density at radius 1 is 1.33 bits per heavy atom. The Hall–Kier alpha value is -0.200. The molecular weight excluding hydrogens is 188 g/mol. The second-order valence-electron chi connectivity index (χ2n) is 2.31. The molecule has 0 aliphatic heterocycles. The van der Waals surface area contributed by atoms with Gasteiger partial charge in [-0.25, -0.2) is 0 Å². The molecule has 0 rings (SSSR count). The highest BCUT2D eigenvalue weighted by Crippen LogP contribution is 2.10. The van der Waals surface area contributed by atoms with Crippen LogP contribution in [0.3, 0.4) is 0 Å². The van der Waals surface area contributed by atoms with Crippen LogP contribution in [0, 0.1) is 0 Å². The third-order valence-corrected chi connectivity index (χ3v) is 1.89. The van der Waals surface area contributed by atoms with Crippen LogP contribution in [-0.2, 0) is 4.79 Å². The zero-order valence-corrected chi connectivity index (χ0v) is 6.92. The minimum absolute atomic E-state index is 0.144. The monoisotopic (exact) mass is 198 g/mol. The van der Waals surface area contributed by atoms with Crippen LogP contribution < -0.4 is 0 Å². The van der Waals surface area contributed by atoms with E-state index in [0.29, 0.717) is 0 Å². The molecule has 0 aliphatic rings. The second kappa shape index (κ2) is 5.45. The molecule has 0 aromatic carbocycles. The SMILES string of the molecule is O=C[C@H](O)[C@H](Cl)[C@H](O)[C@H](O)CO. The molecule has 0 amide bonds. The van der Waals surface area contributed by atoms with Gasteiger partial charge in [-0.2, -0.15) is 0 Å². The molecule has 4 atom stereocenters. The van der Waals surface area contributed by atoms with Gasteiger partial charge in [0.05, 0.1) is 12.0 Å². The smallest absolute Gasteiger partial charge is 0.150 e. The van der Waals surface area contributed by atoms with Crippen molar-refractivity contribution in [1.29, 1.82) is 0 Å². The summed E-state index contributed by atoms with van der Waals surface area (Å²) in [5.41, 5.74) is 0. The van der Waals surface area contributed by atoms with E-state index in [1.165, 1.54) is 0 Å². The summed E-state index contributed by atoms with van der Waals surface area (Å²) in [4.78, 5) is 9.97. The van der Waals surface area contributed by atoms with E-state index in [1.54, 1.807) is 0 Å². The van der Waals surface area contributed by atoms with E-state index in [1.807, 2.05) is 0 Å². The molecule has 72 valence electrons. The molecule has 0 fully saturated rings. The molecule has 0 aromatic heterocycles. The number of aldehydes is 1. The van der Waals surface area contributed by atoms with Crippen molar-refractivity contribution in [2.45, 2.75) is 23.7 Å². The van der Waals surface area contributed by atoms with E-state index in [2.05, 4.69) is 0 Å². The summed E-state index contributed by atoms with van der Waals surface area (Å²) in [6, 6.07) is 0. The molecule has 0 spiro atoms. The van der Waals surface area contributed by atoms with E-state index in [9.17, 15) is 4.79 Å². The van der Waals surface area contributed by atoms with Gasteiger partial charge < -0.3 is 25.2 Å². The molecule has 0 heterocycles. The van der Waals surface area contributed by atoms with Crippen LogP contribution in [0.1, 0.15) is 0 Å². The number of aliphatic hydroxyl groups excluding tert-OH is 4. The second-order valence-corrected chi connectivity index (χ2v) is 2.82. The van der Waals surface area contributed by atoms with Gasteiger partial charge in [0.2, 0.25) is 0 Å². The van der Waals surface area contributed by atoms with Gasteiger partial charge in [-0.1, -0.05) is 0 Å². The highest BCUT2D eigenvalue weighted by atomic mass is 35.5. The van der Waals surface area contributed by atoms with Gasteiger partial charge in [-0.3, -0.25) is 0 Å². The summed E-state index contributed by atoms with van der Waals surface area (Å²) >= 11 is 5.35. The Labute approximate surface area is 74.2 Å². The molecule has 0 aromatic rings. The first-order valence-electron chi connectivity index (χ1n) is 3.29. The zero-order valence-electron chi connectivity index (χ0n) is 6.17. The lowest BCUT2D eigenvalue weighted by atomic mass is 10.1. The molecule has 12 heavy (non-hydrogen) atoms. The third-order valence-electron chi connectivity index (χ3n) is 1.37. The van der Waals surface area contributed by atoms with Crippen molar-refractivity contribution in [1.82, 2.24) is 0 Å². The van der Waals surface area contributed by atoms with E-state index < -0.39 is 30.3 Å².